The summed E-state index contributed by atoms with van der Waals surface area (Å²) in [7, 11) is 0. The largest absolute Gasteiger partial charge is 0.417 e. The minimum Gasteiger partial charge on any atom is -0.365 e. The van der Waals surface area contributed by atoms with Gasteiger partial charge in [0.15, 0.2) is 0 Å². The minimum atomic E-state index is -4.44. The Morgan fingerprint density at radius 3 is 2.55 bits per heavy atom. The number of nitrogens with zero attached hydrogens (tertiary/aromatic N) is 1. The number of pyridine rings is 1. The number of alkyl halides is 4. The Bertz CT molecular complexity index is 465. The molecule has 20 heavy (non-hydrogen) atoms. The van der Waals surface area contributed by atoms with Crippen molar-refractivity contribution in [3.63, 3.8) is 0 Å². The molecule has 1 aliphatic rings. The number of anilines is 1. The summed E-state index contributed by atoms with van der Waals surface area (Å²) in [6.45, 7) is 0. The second kappa shape index (κ2) is 6.39. The van der Waals surface area contributed by atoms with Gasteiger partial charge in [0.2, 0.25) is 0 Å². The summed E-state index contributed by atoms with van der Waals surface area (Å²) in [4.78, 5) is 3.78. The third kappa shape index (κ3) is 3.92. The molecule has 1 aromatic rings. The molecule has 2 nitrogen and oxygen atoms in total. The maximum absolute atomic E-state index is 12.5. The van der Waals surface area contributed by atoms with Gasteiger partial charge in [-0.1, -0.05) is 30.9 Å². The van der Waals surface area contributed by atoms with Gasteiger partial charge in [0.1, 0.15) is 5.82 Å². The Labute approximate surface area is 125 Å². The van der Waals surface area contributed by atoms with Gasteiger partial charge in [-0.25, -0.2) is 4.98 Å². The topological polar surface area (TPSA) is 24.9 Å². The first-order chi connectivity index (χ1) is 9.38. The van der Waals surface area contributed by atoms with E-state index in [0.29, 0.717) is 0 Å². The smallest absolute Gasteiger partial charge is 0.365 e. The Kier molecular flexibility index (Phi) is 5.02. The van der Waals surface area contributed by atoms with Gasteiger partial charge in [-0.3, -0.25) is 0 Å². The van der Waals surface area contributed by atoms with Gasteiger partial charge in [-0.15, -0.1) is 11.6 Å². The highest BCUT2D eigenvalue weighted by molar-refractivity contribution is 6.33. The molecule has 0 spiro atoms. The molecule has 0 radical (unpaired) electrons. The molecule has 2 atom stereocenters. The summed E-state index contributed by atoms with van der Waals surface area (Å²) in [5.41, 5.74) is -0.851. The maximum Gasteiger partial charge on any atom is 0.417 e. The molecule has 112 valence electrons. The highest BCUT2D eigenvalue weighted by Gasteiger charge is 2.32. The SMILES string of the molecule is FC(F)(F)c1cnc(NC2CCCCCC2Cl)c(Cl)c1. The van der Waals surface area contributed by atoms with E-state index >= 15 is 0 Å². The van der Waals surface area contributed by atoms with E-state index < -0.39 is 11.7 Å². The average molecular weight is 327 g/mol. The molecule has 1 saturated carbocycles. The van der Waals surface area contributed by atoms with Crippen molar-refractivity contribution < 1.29 is 13.2 Å². The van der Waals surface area contributed by atoms with Gasteiger partial charge in [0.05, 0.1) is 16.0 Å². The number of rotatable bonds is 2. The highest BCUT2D eigenvalue weighted by Crippen LogP contribution is 2.33. The van der Waals surface area contributed by atoms with E-state index in [2.05, 4.69) is 10.3 Å². The fourth-order valence-electron chi connectivity index (χ4n) is 2.30. The number of hydrogen-bond acceptors (Lipinski definition) is 2. The van der Waals surface area contributed by atoms with Crippen LogP contribution in [0.3, 0.4) is 0 Å². The fraction of sp³-hybridized carbons (Fsp3) is 0.615. The molecule has 2 rings (SSSR count). The van der Waals surface area contributed by atoms with Crippen molar-refractivity contribution in [2.75, 3.05) is 5.32 Å². The van der Waals surface area contributed by atoms with Gasteiger partial charge in [0.25, 0.3) is 0 Å². The number of halogens is 5. The van der Waals surface area contributed by atoms with E-state index in [1.807, 2.05) is 0 Å². The first-order valence-electron chi connectivity index (χ1n) is 6.51. The predicted octanol–water partition coefficient (Wildman–Crippen LogP) is 5.11. The lowest BCUT2D eigenvalue weighted by Crippen LogP contribution is -2.29. The summed E-state index contributed by atoms with van der Waals surface area (Å²) in [6.07, 6.45) is 1.33. The molecule has 0 amide bonds. The van der Waals surface area contributed by atoms with Crippen LogP contribution in [-0.2, 0) is 6.18 Å². The molecule has 0 aliphatic heterocycles. The Balaban J connectivity index is 2.13. The van der Waals surface area contributed by atoms with Crippen LogP contribution in [-0.4, -0.2) is 16.4 Å². The molecule has 2 unspecified atom stereocenters. The van der Waals surface area contributed by atoms with Crippen LogP contribution in [0.5, 0.6) is 0 Å². The maximum atomic E-state index is 12.5. The van der Waals surface area contributed by atoms with Crippen LogP contribution in [0.4, 0.5) is 19.0 Å². The molecule has 0 aromatic carbocycles. The van der Waals surface area contributed by atoms with Crippen LogP contribution >= 0.6 is 23.2 Å². The van der Waals surface area contributed by atoms with E-state index in [-0.39, 0.29) is 22.3 Å². The third-order valence-electron chi connectivity index (χ3n) is 3.42. The summed E-state index contributed by atoms with van der Waals surface area (Å²) in [5, 5.41) is 2.98. The van der Waals surface area contributed by atoms with E-state index in [4.69, 9.17) is 23.2 Å². The van der Waals surface area contributed by atoms with Crippen LogP contribution < -0.4 is 5.32 Å². The summed E-state index contributed by atoms with van der Waals surface area (Å²) in [5.74, 6) is 0.261. The lowest BCUT2D eigenvalue weighted by Gasteiger charge is -2.22. The Hall–Kier alpha value is -0.680. The van der Waals surface area contributed by atoms with E-state index in [1.165, 1.54) is 0 Å². The van der Waals surface area contributed by atoms with Gasteiger partial charge in [-0.2, -0.15) is 13.2 Å². The molecular weight excluding hydrogens is 312 g/mol. The molecule has 1 aromatic heterocycles. The summed E-state index contributed by atoms with van der Waals surface area (Å²) < 4.78 is 37.6. The van der Waals surface area contributed by atoms with Crippen LogP contribution in [0.15, 0.2) is 12.3 Å². The van der Waals surface area contributed by atoms with Crippen molar-refractivity contribution in [2.45, 2.75) is 49.7 Å². The van der Waals surface area contributed by atoms with Crippen molar-refractivity contribution in [1.82, 2.24) is 4.98 Å². The zero-order valence-corrected chi connectivity index (χ0v) is 12.2. The molecule has 1 heterocycles. The zero-order chi connectivity index (χ0) is 14.8. The fourth-order valence-corrected chi connectivity index (χ4v) is 2.86. The highest BCUT2D eigenvalue weighted by atomic mass is 35.5. The van der Waals surface area contributed by atoms with Crippen molar-refractivity contribution in [3.8, 4) is 0 Å². The van der Waals surface area contributed by atoms with Gasteiger partial charge < -0.3 is 5.32 Å². The molecule has 1 fully saturated rings. The first kappa shape index (κ1) is 15.7. The summed E-state index contributed by atoms with van der Waals surface area (Å²) >= 11 is 12.2. The lowest BCUT2D eigenvalue weighted by atomic mass is 10.1. The van der Waals surface area contributed by atoms with Crippen molar-refractivity contribution in [2.24, 2.45) is 0 Å². The van der Waals surface area contributed by atoms with Gasteiger partial charge in [-0.05, 0) is 18.9 Å². The quantitative estimate of drug-likeness (QED) is 0.603. The normalized spacial score (nSPS) is 24.2. The van der Waals surface area contributed by atoms with E-state index in [9.17, 15) is 13.2 Å². The third-order valence-corrected chi connectivity index (χ3v) is 4.23. The average Bonchev–Trinajstić information content (AvgIpc) is 2.56. The Morgan fingerprint density at radius 2 is 1.90 bits per heavy atom. The first-order valence-corrected chi connectivity index (χ1v) is 7.32. The second-order valence-electron chi connectivity index (χ2n) is 4.96. The van der Waals surface area contributed by atoms with Crippen molar-refractivity contribution >= 4 is 29.0 Å². The number of hydrogen-bond donors (Lipinski definition) is 1. The van der Waals surface area contributed by atoms with Crippen LogP contribution in [0, 0.1) is 0 Å². The van der Waals surface area contributed by atoms with Crippen LogP contribution in [0.25, 0.3) is 0 Å². The van der Waals surface area contributed by atoms with Gasteiger partial charge >= 0.3 is 6.18 Å². The zero-order valence-electron chi connectivity index (χ0n) is 10.7. The predicted molar refractivity (Wildman–Crippen MR) is 74.4 cm³/mol. The number of aromatic nitrogens is 1. The van der Waals surface area contributed by atoms with Crippen molar-refractivity contribution in [1.29, 1.82) is 0 Å². The second-order valence-corrected chi connectivity index (χ2v) is 5.92. The van der Waals surface area contributed by atoms with Crippen LogP contribution in [0.1, 0.15) is 37.7 Å². The number of nitrogens with one attached hydrogen (secondary N) is 1. The molecule has 0 bridgehead atoms. The molecule has 1 N–H and O–H groups in total. The monoisotopic (exact) mass is 326 g/mol. The van der Waals surface area contributed by atoms with Crippen LogP contribution in [0.2, 0.25) is 5.02 Å². The van der Waals surface area contributed by atoms with Gasteiger partial charge in [0, 0.05) is 12.2 Å². The standard InChI is InChI=1S/C13H15Cl2F3N2/c14-9-4-2-1-3-5-11(9)20-12-10(15)6-8(7-19-12)13(16,17)18/h6-7,9,11H,1-5H2,(H,19,20). The lowest BCUT2D eigenvalue weighted by molar-refractivity contribution is -0.137. The molecule has 1 aliphatic carbocycles. The van der Waals surface area contributed by atoms with E-state index in [1.54, 1.807) is 0 Å². The molecule has 7 heteroatoms. The molecule has 0 saturated heterocycles. The molecular formula is C13H15Cl2F3N2. The Morgan fingerprint density at radius 1 is 1.20 bits per heavy atom. The van der Waals surface area contributed by atoms with Crippen molar-refractivity contribution in [3.05, 3.63) is 22.8 Å². The minimum absolute atomic E-state index is 0.0131. The summed E-state index contributed by atoms with van der Waals surface area (Å²) in [6, 6.07) is 0.873. The van der Waals surface area contributed by atoms with E-state index in [0.717, 1.165) is 44.4 Å².